The third-order valence-corrected chi connectivity index (χ3v) is 5.78. The topological polar surface area (TPSA) is 83.8 Å². The van der Waals surface area contributed by atoms with Crippen LogP contribution in [0.25, 0.3) is 11.3 Å². The van der Waals surface area contributed by atoms with Crippen molar-refractivity contribution in [2.24, 2.45) is 10.7 Å². The minimum absolute atomic E-state index is 0.208. The van der Waals surface area contributed by atoms with Crippen molar-refractivity contribution in [2.75, 3.05) is 20.6 Å². The zero-order chi connectivity index (χ0) is 28.0. The van der Waals surface area contributed by atoms with Gasteiger partial charge >= 0.3 is 5.69 Å². The molecular weight excluding hydrogens is 404 g/mol. The normalized spacial score (nSPS) is 16.6. The number of methoxy groups -OCH3 is 2. The van der Waals surface area contributed by atoms with E-state index < -0.39 is 14.1 Å². The van der Waals surface area contributed by atoms with Crippen LogP contribution in [-0.2, 0) is 19.5 Å². The lowest BCUT2D eigenvalue weighted by Crippen LogP contribution is -2.43. The smallest absolute Gasteiger partial charge is 0.330 e. The SMILES string of the molecule is [2H]C([2H])([2H])Oc1cc2c(cc1OC([2H])([2H])[2H])-c1c/c(=N\c3c(C)cc(C)cc3C)n(CCN)c(=O)n1CC2. The summed E-state index contributed by atoms with van der Waals surface area (Å²) in [4.78, 5) is 18.5. The van der Waals surface area contributed by atoms with E-state index in [9.17, 15) is 4.79 Å². The molecule has 0 saturated carbocycles. The van der Waals surface area contributed by atoms with E-state index in [2.05, 4.69) is 0 Å². The zero-order valence-electron chi connectivity index (χ0n) is 24.4. The molecule has 0 fully saturated rings. The third-order valence-electron chi connectivity index (χ3n) is 5.78. The van der Waals surface area contributed by atoms with E-state index in [-0.39, 0.29) is 30.3 Å². The summed E-state index contributed by atoms with van der Waals surface area (Å²) in [6, 6.07) is 8.67. The summed E-state index contributed by atoms with van der Waals surface area (Å²) in [5, 5.41) is 0. The minimum atomic E-state index is -2.85. The summed E-state index contributed by atoms with van der Waals surface area (Å²) in [6.07, 6.45) is 0.392. The van der Waals surface area contributed by atoms with E-state index in [1.807, 2.05) is 32.9 Å². The number of nitrogens with two attached hydrogens (primary N) is 1. The van der Waals surface area contributed by atoms with Crippen LogP contribution in [-0.4, -0.2) is 29.8 Å². The van der Waals surface area contributed by atoms with Crippen LogP contribution in [0, 0.1) is 20.8 Å². The average molecular weight is 441 g/mol. The second-order valence-corrected chi connectivity index (χ2v) is 8.03. The molecule has 7 nitrogen and oxygen atoms in total. The Morgan fingerprint density at radius 3 is 2.41 bits per heavy atom. The van der Waals surface area contributed by atoms with Crippen molar-refractivity contribution in [3.05, 3.63) is 68.6 Å². The van der Waals surface area contributed by atoms with Crippen LogP contribution in [0.4, 0.5) is 5.69 Å². The Morgan fingerprint density at radius 1 is 1.06 bits per heavy atom. The fraction of sp³-hybridized carbons (Fsp3) is 0.360. The first-order chi connectivity index (χ1) is 17.7. The number of aromatic nitrogens is 2. The molecule has 168 valence electrons. The molecule has 0 spiro atoms. The molecule has 0 atom stereocenters. The minimum Gasteiger partial charge on any atom is -0.493 e. The zero-order valence-corrected chi connectivity index (χ0v) is 18.4. The molecule has 3 aromatic rings. The van der Waals surface area contributed by atoms with Crippen LogP contribution in [0.5, 0.6) is 11.5 Å². The summed E-state index contributed by atoms with van der Waals surface area (Å²) < 4.78 is 58.3. The molecule has 1 aliphatic rings. The first kappa shape index (κ1) is 15.5. The van der Waals surface area contributed by atoms with Gasteiger partial charge in [0.25, 0.3) is 0 Å². The van der Waals surface area contributed by atoms with Gasteiger partial charge in [-0.1, -0.05) is 17.7 Å². The fourth-order valence-electron chi connectivity index (χ4n) is 4.40. The van der Waals surface area contributed by atoms with Crippen molar-refractivity contribution in [2.45, 2.75) is 40.3 Å². The summed E-state index contributed by atoms with van der Waals surface area (Å²) in [5.41, 5.74) is 11.4. The van der Waals surface area contributed by atoms with Gasteiger partial charge in [-0.25, -0.2) is 9.79 Å². The molecule has 0 radical (unpaired) electrons. The number of hydrogen-bond donors (Lipinski definition) is 1. The van der Waals surface area contributed by atoms with E-state index in [4.69, 9.17) is 28.4 Å². The largest absolute Gasteiger partial charge is 0.493 e. The van der Waals surface area contributed by atoms with Crippen molar-refractivity contribution in [3.63, 3.8) is 0 Å². The van der Waals surface area contributed by atoms with Gasteiger partial charge in [-0.05, 0) is 56.0 Å². The van der Waals surface area contributed by atoms with Gasteiger partial charge in [-0.3, -0.25) is 9.13 Å². The molecule has 0 unspecified atom stereocenters. The van der Waals surface area contributed by atoms with Gasteiger partial charge in [0.2, 0.25) is 0 Å². The second kappa shape index (κ2) is 8.67. The van der Waals surface area contributed by atoms with Crippen LogP contribution in [0.1, 0.15) is 30.5 Å². The number of aryl methyl sites for hydroxylation is 4. The molecule has 7 heteroatoms. The highest BCUT2D eigenvalue weighted by atomic mass is 16.5. The molecule has 0 bridgehead atoms. The summed E-state index contributed by atoms with van der Waals surface area (Å²) in [7, 11) is -5.66. The van der Waals surface area contributed by atoms with Crippen molar-refractivity contribution < 1.29 is 17.7 Å². The second-order valence-electron chi connectivity index (χ2n) is 8.03. The van der Waals surface area contributed by atoms with Gasteiger partial charge in [0.1, 0.15) is 5.49 Å². The van der Waals surface area contributed by atoms with Gasteiger partial charge in [0.15, 0.2) is 11.5 Å². The Hall–Kier alpha value is -3.32. The van der Waals surface area contributed by atoms with Crippen molar-refractivity contribution in [1.29, 1.82) is 0 Å². The van der Waals surface area contributed by atoms with Crippen LogP contribution in [0.3, 0.4) is 0 Å². The molecule has 0 aliphatic carbocycles. The first-order valence-electron chi connectivity index (χ1n) is 13.4. The quantitative estimate of drug-likeness (QED) is 0.661. The number of fused-ring (bicyclic) bond motifs is 3. The van der Waals surface area contributed by atoms with Crippen molar-refractivity contribution in [3.8, 4) is 22.8 Å². The van der Waals surface area contributed by atoms with Gasteiger partial charge in [-0.15, -0.1) is 0 Å². The predicted molar refractivity (Wildman–Crippen MR) is 126 cm³/mol. The molecular formula is C25H30N4O3. The Morgan fingerprint density at radius 2 is 1.75 bits per heavy atom. The Bertz CT molecular complexity index is 1500. The maximum atomic E-state index is 13.6. The Labute approximate surface area is 196 Å². The molecule has 0 amide bonds. The average Bonchev–Trinajstić information content (AvgIpc) is 2.77. The standard InChI is InChI=1S/C25H30N4O3/c1-15-10-16(2)24(17(3)11-15)27-23-14-20-19-13-22(32-5)21(31-4)12-18(19)6-8-28(20)25(30)29(23)9-7-26/h10-14H,6-9,26H2,1-5H3/b27-23+/i4D3,5D3. The van der Waals surface area contributed by atoms with Crippen molar-refractivity contribution in [1.82, 2.24) is 9.13 Å². The van der Waals surface area contributed by atoms with Crippen LogP contribution >= 0.6 is 0 Å². The van der Waals surface area contributed by atoms with E-state index in [1.165, 1.54) is 16.7 Å². The predicted octanol–water partition coefficient (Wildman–Crippen LogP) is 3.01. The molecule has 1 aliphatic heterocycles. The van der Waals surface area contributed by atoms with E-state index in [0.717, 1.165) is 22.4 Å². The van der Waals surface area contributed by atoms with Gasteiger partial charge in [-0.2, -0.15) is 0 Å². The third kappa shape index (κ3) is 3.73. The molecule has 0 saturated heterocycles. The fourth-order valence-corrected chi connectivity index (χ4v) is 4.40. The number of rotatable bonds is 5. The highest BCUT2D eigenvalue weighted by Gasteiger charge is 2.22. The summed E-state index contributed by atoms with van der Waals surface area (Å²) in [6.45, 7) is 6.73. The van der Waals surface area contributed by atoms with Crippen LogP contribution in [0.15, 0.2) is 40.1 Å². The highest BCUT2D eigenvalue weighted by molar-refractivity contribution is 5.70. The van der Waals surface area contributed by atoms with Gasteiger partial charge < -0.3 is 15.2 Å². The lowest BCUT2D eigenvalue weighted by atomic mass is 9.97. The van der Waals surface area contributed by atoms with Gasteiger partial charge in [0, 0.05) is 31.3 Å². The molecule has 32 heavy (non-hydrogen) atoms. The maximum absolute atomic E-state index is 13.6. The number of ether oxygens (including phenoxy) is 2. The molecule has 4 rings (SSSR count). The number of nitrogens with zero attached hydrogens (tertiary/aromatic N) is 3. The molecule has 1 aromatic heterocycles. The lowest BCUT2D eigenvalue weighted by Gasteiger charge is -2.24. The summed E-state index contributed by atoms with van der Waals surface area (Å²) in [5.74, 6) is -0.469. The highest BCUT2D eigenvalue weighted by Crippen LogP contribution is 2.37. The van der Waals surface area contributed by atoms with Crippen LogP contribution in [0.2, 0.25) is 0 Å². The van der Waals surface area contributed by atoms with E-state index >= 15 is 0 Å². The van der Waals surface area contributed by atoms with Crippen molar-refractivity contribution >= 4 is 5.69 Å². The monoisotopic (exact) mass is 440 g/mol. The lowest BCUT2D eigenvalue weighted by molar-refractivity contribution is 0.354. The van der Waals surface area contributed by atoms with E-state index in [1.54, 1.807) is 10.6 Å². The van der Waals surface area contributed by atoms with Crippen LogP contribution < -0.4 is 26.4 Å². The Balaban J connectivity index is 2.00. The number of benzene rings is 2. The molecule has 2 N–H and O–H groups in total. The van der Waals surface area contributed by atoms with E-state index in [0.29, 0.717) is 35.3 Å². The first-order valence-corrected chi connectivity index (χ1v) is 10.4. The summed E-state index contributed by atoms with van der Waals surface area (Å²) >= 11 is 0. The number of hydrogen-bond acceptors (Lipinski definition) is 5. The van der Waals surface area contributed by atoms with Gasteiger partial charge in [0.05, 0.1) is 33.7 Å². The maximum Gasteiger partial charge on any atom is 0.330 e. The molecule has 2 heterocycles. The molecule has 2 aromatic carbocycles. The Kier molecular flexibility index (Phi) is 4.19.